The van der Waals surface area contributed by atoms with Crippen LogP contribution in [-0.4, -0.2) is 11.7 Å². The molecule has 2 nitrogen and oxygen atoms in total. The van der Waals surface area contributed by atoms with Gasteiger partial charge in [0.25, 0.3) is 0 Å². The molecule has 0 unspecified atom stereocenters. The minimum absolute atomic E-state index is 0.168. The van der Waals surface area contributed by atoms with Gasteiger partial charge >= 0.3 is 0 Å². The highest BCUT2D eigenvalue weighted by molar-refractivity contribution is 7.81. The highest BCUT2D eigenvalue weighted by Gasteiger charge is 2.14. The Hall–Kier alpha value is -1.17. The number of halogens is 3. The largest absolute Gasteiger partial charge is 0.323 e. The lowest BCUT2D eigenvalue weighted by atomic mass is 10.3. The molecule has 0 aliphatic rings. The van der Waals surface area contributed by atoms with E-state index < -0.39 is 29.0 Å². The Kier molecular flexibility index (Phi) is 3.40. The number of nitrogens with one attached hydrogen (secondary N) is 1. The quantitative estimate of drug-likeness (QED) is 0.580. The van der Waals surface area contributed by atoms with Gasteiger partial charge in [-0.05, 0) is 12.1 Å². The number of benzene rings is 1. The van der Waals surface area contributed by atoms with E-state index in [1.54, 1.807) is 0 Å². The molecule has 0 heterocycles. The lowest BCUT2D eigenvalue weighted by Gasteiger charge is -2.05. The molecule has 0 aromatic heterocycles. The maximum atomic E-state index is 12.9. The second kappa shape index (κ2) is 4.36. The molecule has 76 valence electrons. The number of hydrogen-bond acceptors (Lipinski definition) is 2. The Morgan fingerprint density at radius 3 is 2.50 bits per heavy atom. The summed E-state index contributed by atoms with van der Waals surface area (Å²) in [6.07, 6.45) is 0. The molecule has 0 saturated carbocycles. The van der Waals surface area contributed by atoms with Gasteiger partial charge in [0.1, 0.15) is 0 Å². The van der Waals surface area contributed by atoms with E-state index in [0.29, 0.717) is 0 Å². The monoisotopic (exact) mass is 221 g/mol. The van der Waals surface area contributed by atoms with Crippen LogP contribution >= 0.6 is 12.6 Å². The molecule has 0 saturated heterocycles. The number of amides is 1. The first-order chi connectivity index (χ1) is 6.56. The molecule has 1 aromatic carbocycles. The van der Waals surface area contributed by atoms with Gasteiger partial charge in [-0.2, -0.15) is 12.6 Å². The Labute approximate surface area is 83.5 Å². The van der Waals surface area contributed by atoms with Crippen LogP contribution in [0.3, 0.4) is 0 Å². The van der Waals surface area contributed by atoms with Gasteiger partial charge in [-0.15, -0.1) is 0 Å². The van der Waals surface area contributed by atoms with Crippen LogP contribution in [0.4, 0.5) is 18.9 Å². The molecule has 0 fully saturated rings. The first-order valence-corrected chi connectivity index (χ1v) is 4.23. The Morgan fingerprint density at radius 1 is 1.29 bits per heavy atom. The molecular formula is C8H6F3NOS. The van der Waals surface area contributed by atoms with E-state index in [9.17, 15) is 18.0 Å². The van der Waals surface area contributed by atoms with Crippen LogP contribution in [0.2, 0.25) is 0 Å². The summed E-state index contributed by atoms with van der Waals surface area (Å²) in [4.78, 5) is 10.8. The van der Waals surface area contributed by atoms with Gasteiger partial charge in [-0.25, -0.2) is 13.2 Å². The van der Waals surface area contributed by atoms with Gasteiger partial charge in [0.15, 0.2) is 17.5 Å². The number of carbonyl (C=O) groups is 1. The number of anilines is 1. The zero-order valence-electron chi connectivity index (χ0n) is 6.85. The Morgan fingerprint density at radius 2 is 1.93 bits per heavy atom. The molecule has 1 aromatic rings. The van der Waals surface area contributed by atoms with Gasteiger partial charge < -0.3 is 5.32 Å². The van der Waals surface area contributed by atoms with E-state index in [0.717, 1.165) is 12.1 Å². The van der Waals surface area contributed by atoms with Gasteiger partial charge in [0.05, 0.1) is 11.4 Å². The molecule has 0 spiro atoms. The van der Waals surface area contributed by atoms with E-state index >= 15 is 0 Å². The van der Waals surface area contributed by atoms with E-state index in [1.807, 2.05) is 5.32 Å². The third kappa shape index (κ3) is 2.20. The van der Waals surface area contributed by atoms with Gasteiger partial charge in [-0.1, -0.05) is 0 Å². The first kappa shape index (κ1) is 10.9. The van der Waals surface area contributed by atoms with Crippen LogP contribution < -0.4 is 5.32 Å². The number of carbonyl (C=O) groups excluding carboxylic acids is 1. The molecule has 0 atom stereocenters. The normalized spacial score (nSPS) is 10.0. The van der Waals surface area contributed by atoms with Crippen LogP contribution in [0, 0.1) is 17.5 Å². The molecule has 14 heavy (non-hydrogen) atoms. The average Bonchev–Trinajstić information content (AvgIpc) is 2.19. The summed E-state index contributed by atoms with van der Waals surface area (Å²) in [6, 6.07) is 1.67. The fraction of sp³-hybridized carbons (Fsp3) is 0.125. The summed E-state index contributed by atoms with van der Waals surface area (Å²) >= 11 is 3.62. The van der Waals surface area contributed by atoms with Gasteiger partial charge in [0.2, 0.25) is 5.91 Å². The van der Waals surface area contributed by atoms with Crippen molar-refractivity contribution in [2.24, 2.45) is 0 Å². The standard InChI is InChI=1S/C8H6F3NOS/c9-4-1-2-5(8(11)7(4)10)12-6(13)3-14/h1-2,14H,3H2,(H,12,13). The Balaban J connectivity index is 3.00. The van der Waals surface area contributed by atoms with Gasteiger partial charge in [-0.3, -0.25) is 4.79 Å². The SMILES string of the molecule is O=C(CS)Nc1ccc(F)c(F)c1F. The summed E-state index contributed by atoms with van der Waals surface area (Å²) < 4.78 is 38.0. The highest BCUT2D eigenvalue weighted by atomic mass is 32.1. The van der Waals surface area contributed by atoms with Crippen molar-refractivity contribution in [1.29, 1.82) is 0 Å². The van der Waals surface area contributed by atoms with Crippen molar-refractivity contribution in [1.82, 2.24) is 0 Å². The van der Waals surface area contributed by atoms with Crippen molar-refractivity contribution in [2.75, 3.05) is 11.1 Å². The summed E-state index contributed by atoms with van der Waals surface area (Å²) in [7, 11) is 0. The van der Waals surface area contributed by atoms with Crippen molar-refractivity contribution >= 4 is 24.2 Å². The number of thiol groups is 1. The third-order valence-electron chi connectivity index (χ3n) is 1.45. The van der Waals surface area contributed by atoms with Crippen molar-refractivity contribution in [3.63, 3.8) is 0 Å². The Bertz CT molecular complexity index is 370. The molecule has 1 amide bonds. The van der Waals surface area contributed by atoms with E-state index in [1.165, 1.54) is 0 Å². The van der Waals surface area contributed by atoms with Crippen molar-refractivity contribution in [2.45, 2.75) is 0 Å². The van der Waals surface area contributed by atoms with E-state index in [2.05, 4.69) is 12.6 Å². The van der Waals surface area contributed by atoms with E-state index in [-0.39, 0.29) is 5.75 Å². The minimum atomic E-state index is -1.61. The number of hydrogen-bond donors (Lipinski definition) is 2. The second-order valence-electron chi connectivity index (χ2n) is 2.43. The fourth-order valence-electron chi connectivity index (χ4n) is 0.812. The zero-order chi connectivity index (χ0) is 10.7. The summed E-state index contributed by atoms with van der Waals surface area (Å²) in [5.41, 5.74) is -0.400. The topological polar surface area (TPSA) is 29.1 Å². The molecule has 0 bridgehead atoms. The van der Waals surface area contributed by atoms with Crippen LogP contribution in [0.1, 0.15) is 0 Å². The van der Waals surface area contributed by atoms with E-state index in [4.69, 9.17) is 0 Å². The van der Waals surface area contributed by atoms with Gasteiger partial charge in [0, 0.05) is 0 Å². The van der Waals surface area contributed by atoms with Crippen LogP contribution in [0.15, 0.2) is 12.1 Å². The summed E-state index contributed by atoms with van der Waals surface area (Å²) in [6.45, 7) is 0. The predicted molar refractivity (Wildman–Crippen MR) is 48.8 cm³/mol. The maximum Gasteiger partial charge on any atom is 0.234 e. The lowest BCUT2D eigenvalue weighted by molar-refractivity contribution is -0.113. The van der Waals surface area contributed by atoms with Crippen molar-refractivity contribution < 1.29 is 18.0 Å². The van der Waals surface area contributed by atoms with Crippen LogP contribution in [0.25, 0.3) is 0 Å². The lowest BCUT2D eigenvalue weighted by Crippen LogP contribution is -2.14. The predicted octanol–water partition coefficient (Wildman–Crippen LogP) is 1.97. The molecule has 6 heteroatoms. The summed E-state index contributed by atoms with van der Waals surface area (Å²) in [5, 5.41) is 2.03. The maximum absolute atomic E-state index is 12.9. The highest BCUT2D eigenvalue weighted by Crippen LogP contribution is 2.19. The summed E-state index contributed by atoms with van der Waals surface area (Å²) in [5.74, 6) is -5.09. The molecule has 0 radical (unpaired) electrons. The van der Waals surface area contributed by atoms with Crippen LogP contribution in [-0.2, 0) is 4.79 Å². The fourth-order valence-corrected chi connectivity index (χ4v) is 0.891. The smallest absolute Gasteiger partial charge is 0.234 e. The molecule has 1 rings (SSSR count). The molecule has 1 N–H and O–H groups in total. The average molecular weight is 221 g/mol. The zero-order valence-corrected chi connectivity index (χ0v) is 7.75. The first-order valence-electron chi connectivity index (χ1n) is 3.60. The van der Waals surface area contributed by atoms with Crippen LogP contribution in [0.5, 0.6) is 0 Å². The number of rotatable bonds is 2. The minimum Gasteiger partial charge on any atom is -0.323 e. The van der Waals surface area contributed by atoms with Crippen molar-refractivity contribution in [3.8, 4) is 0 Å². The third-order valence-corrected chi connectivity index (χ3v) is 1.74. The second-order valence-corrected chi connectivity index (χ2v) is 2.75. The molecule has 0 aliphatic carbocycles. The molecular weight excluding hydrogens is 215 g/mol. The van der Waals surface area contributed by atoms with Crippen molar-refractivity contribution in [3.05, 3.63) is 29.6 Å². The molecule has 0 aliphatic heterocycles.